The number of amides is 2. The molecule has 5 rings (SSSR count). The number of piperazine rings is 1. The van der Waals surface area contributed by atoms with Gasteiger partial charge in [0.2, 0.25) is 0 Å². The van der Waals surface area contributed by atoms with Crippen LogP contribution in [0.4, 0.5) is 13.2 Å². The molecule has 1 unspecified atom stereocenters. The first kappa shape index (κ1) is 32.4. The number of hydrogen-bond acceptors (Lipinski definition) is 6. The number of ether oxygens (including phenoxy) is 1. The molecule has 240 valence electrons. The molecule has 1 fully saturated rings. The molecule has 1 N–H and O–H groups in total. The van der Waals surface area contributed by atoms with E-state index in [4.69, 9.17) is 4.74 Å². The van der Waals surface area contributed by atoms with E-state index in [2.05, 4.69) is 24.6 Å². The number of nitrogens with zero attached hydrogens (tertiary/aromatic N) is 5. The molecule has 9 nitrogen and oxygen atoms in total. The number of carbonyl (C=O) groups is 2. The number of carbonyl (C=O) groups excluding carboxylic acids is 2. The second-order valence-corrected chi connectivity index (χ2v) is 11.8. The number of hydrogen-bond donors (Lipinski definition) is 1. The highest BCUT2D eigenvalue weighted by atomic mass is 19.4. The van der Waals surface area contributed by atoms with Crippen molar-refractivity contribution in [3.05, 3.63) is 70.5 Å². The molecule has 2 aliphatic rings. The molecule has 5 heterocycles. The zero-order valence-electron chi connectivity index (χ0n) is 26.5. The first-order chi connectivity index (χ1) is 21.3. The number of nitrogens with one attached hydrogen (secondary N) is 1. The van der Waals surface area contributed by atoms with Crippen molar-refractivity contribution >= 4 is 23.0 Å². The molecule has 3 aromatic heterocycles. The van der Waals surface area contributed by atoms with Crippen molar-refractivity contribution in [3.63, 3.8) is 0 Å². The minimum Gasteiger partial charge on any atom is -0.500 e. The molecule has 0 radical (unpaired) electrons. The number of fused-ring (bicyclic) bond motifs is 1. The monoisotopic (exact) mass is 624 g/mol. The van der Waals surface area contributed by atoms with Crippen molar-refractivity contribution in [2.24, 2.45) is 10.9 Å². The van der Waals surface area contributed by atoms with Gasteiger partial charge < -0.3 is 14.5 Å². The van der Waals surface area contributed by atoms with E-state index in [1.54, 1.807) is 13.0 Å². The van der Waals surface area contributed by atoms with Crippen molar-refractivity contribution in [1.29, 1.82) is 0 Å². The lowest BCUT2D eigenvalue weighted by Crippen LogP contribution is -2.50. The minimum absolute atomic E-state index is 0.0135. The highest BCUT2D eigenvalue weighted by Crippen LogP contribution is 2.35. The minimum atomic E-state index is -4.24. The summed E-state index contributed by atoms with van der Waals surface area (Å²) in [6.45, 7) is 10.1. The van der Waals surface area contributed by atoms with E-state index in [0.29, 0.717) is 43.2 Å². The number of aryl methyl sites for hydroxylation is 2. The van der Waals surface area contributed by atoms with Gasteiger partial charge in [-0.05, 0) is 64.5 Å². The van der Waals surface area contributed by atoms with Gasteiger partial charge in [0.25, 0.3) is 11.8 Å². The fraction of sp³-hybridized carbons (Fsp3) is 0.455. The summed E-state index contributed by atoms with van der Waals surface area (Å²) < 4.78 is 46.6. The summed E-state index contributed by atoms with van der Waals surface area (Å²) >= 11 is 0. The van der Waals surface area contributed by atoms with Crippen molar-refractivity contribution in [2.75, 3.05) is 46.4 Å². The second kappa shape index (κ2) is 12.8. The molecule has 2 atom stereocenters. The Balaban J connectivity index is 1.52. The van der Waals surface area contributed by atoms with E-state index >= 15 is 0 Å². The van der Waals surface area contributed by atoms with Gasteiger partial charge in [-0.15, -0.1) is 0 Å². The molecule has 3 aromatic rings. The summed E-state index contributed by atoms with van der Waals surface area (Å²) in [4.78, 5) is 38.8. The van der Waals surface area contributed by atoms with Crippen molar-refractivity contribution in [3.8, 4) is 11.1 Å². The Kier molecular flexibility index (Phi) is 9.18. The van der Waals surface area contributed by atoms with E-state index in [1.807, 2.05) is 58.2 Å². The maximum Gasteiger partial charge on any atom is 0.401 e. The van der Waals surface area contributed by atoms with E-state index in [9.17, 15) is 22.8 Å². The molecule has 2 amide bonds. The first-order valence-electron chi connectivity index (χ1n) is 15.0. The van der Waals surface area contributed by atoms with Crippen LogP contribution in [0.1, 0.15) is 52.9 Å². The maximum atomic E-state index is 13.9. The lowest BCUT2D eigenvalue weighted by Gasteiger charge is -2.39. The molecular weight excluding hydrogens is 585 g/mol. The highest BCUT2D eigenvalue weighted by Gasteiger charge is 2.34. The zero-order valence-corrected chi connectivity index (χ0v) is 26.5. The van der Waals surface area contributed by atoms with Crippen LogP contribution in [-0.2, 0) is 9.53 Å². The Morgan fingerprint density at radius 3 is 2.44 bits per heavy atom. The molecule has 0 saturated carbocycles. The third-order valence-corrected chi connectivity index (χ3v) is 8.75. The van der Waals surface area contributed by atoms with Crippen molar-refractivity contribution in [2.45, 2.75) is 46.8 Å². The fourth-order valence-corrected chi connectivity index (χ4v) is 6.44. The van der Waals surface area contributed by atoms with Gasteiger partial charge in [-0.25, -0.2) is 4.99 Å². The van der Waals surface area contributed by atoms with Crippen molar-refractivity contribution in [1.82, 2.24) is 24.5 Å². The molecule has 12 heteroatoms. The van der Waals surface area contributed by atoms with Crippen LogP contribution >= 0.6 is 0 Å². The summed E-state index contributed by atoms with van der Waals surface area (Å²) in [5.74, 6) is -1.02. The standard InChI is InChI=1S/C33H39F3N6O3/c1-19-7-8-24(22(4)38-19)25-9-10-42-28(25)16-26(31(43)37-17-27-29(45-6)15-20(2)39-32(27)44)21(3)30(42)23(5)41-13-11-40(12-14-41)18-33(34,35)36/h7-10,15-16,23,27H,11-14,17-18H2,1-6H3,(H,37,43)/t23-,27?/m0/s1. The van der Waals surface area contributed by atoms with Gasteiger partial charge in [0.1, 0.15) is 11.7 Å². The normalized spacial score (nSPS) is 19.0. The van der Waals surface area contributed by atoms with Crippen LogP contribution in [0.3, 0.4) is 0 Å². The Morgan fingerprint density at radius 1 is 1.09 bits per heavy atom. The summed E-state index contributed by atoms with van der Waals surface area (Å²) in [6, 6.07) is 7.62. The third-order valence-electron chi connectivity index (χ3n) is 8.75. The number of allylic oxidation sites excluding steroid dienone is 1. The number of rotatable bonds is 8. The van der Waals surface area contributed by atoms with E-state index < -0.39 is 18.6 Å². The van der Waals surface area contributed by atoms with Crippen molar-refractivity contribution < 1.29 is 27.5 Å². The quantitative estimate of drug-likeness (QED) is 0.378. The Labute approximate surface area is 260 Å². The van der Waals surface area contributed by atoms with Gasteiger partial charge in [0.05, 0.1) is 19.2 Å². The molecule has 2 aliphatic heterocycles. The summed E-state index contributed by atoms with van der Waals surface area (Å²) in [7, 11) is 1.48. The second-order valence-electron chi connectivity index (χ2n) is 11.8. The van der Waals surface area contributed by atoms with Crippen LogP contribution < -0.4 is 5.32 Å². The van der Waals surface area contributed by atoms with Crippen LogP contribution in [0.2, 0.25) is 0 Å². The van der Waals surface area contributed by atoms with Gasteiger partial charge >= 0.3 is 6.18 Å². The number of aliphatic imine (C=N–C) groups is 1. The molecule has 0 bridgehead atoms. The van der Waals surface area contributed by atoms with Gasteiger partial charge in [-0.1, -0.05) is 6.07 Å². The number of alkyl halides is 3. The first-order valence-corrected chi connectivity index (χ1v) is 15.0. The Hall–Kier alpha value is -4.03. The number of halogens is 3. The van der Waals surface area contributed by atoms with Gasteiger partial charge in [-0.3, -0.25) is 24.4 Å². The number of aromatic nitrogens is 2. The van der Waals surface area contributed by atoms with Crippen LogP contribution in [0.25, 0.3) is 16.6 Å². The lowest BCUT2D eigenvalue weighted by molar-refractivity contribution is -0.149. The highest BCUT2D eigenvalue weighted by molar-refractivity contribution is 6.06. The summed E-state index contributed by atoms with van der Waals surface area (Å²) in [5.41, 5.74) is 7.02. The lowest BCUT2D eigenvalue weighted by atomic mass is 9.97. The van der Waals surface area contributed by atoms with E-state index in [1.165, 1.54) is 12.0 Å². The average Bonchev–Trinajstić information content (AvgIpc) is 3.38. The summed E-state index contributed by atoms with van der Waals surface area (Å²) in [6.07, 6.45) is -0.578. The molecular formula is C33H39F3N6O3. The zero-order chi connectivity index (χ0) is 32.6. The van der Waals surface area contributed by atoms with Gasteiger partial charge in [0.15, 0.2) is 0 Å². The number of dihydropyridines is 1. The van der Waals surface area contributed by atoms with Gasteiger partial charge in [0, 0.05) is 84.4 Å². The van der Waals surface area contributed by atoms with Crippen LogP contribution in [0.5, 0.6) is 0 Å². The van der Waals surface area contributed by atoms with E-state index in [0.717, 1.165) is 39.3 Å². The van der Waals surface area contributed by atoms with Crippen LogP contribution in [-0.4, -0.2) is 89.3 Å². The SMILES string of the molecule is COC1=CC(C)=NC(=O)C1CNC(=O)c1cc2c(-c3ccc(C)nc3C)ccn2c([C@H](C)N2CCN(CC(F)(F)F)CC2)c1C. The van der Waals surface area contributed by atoms with Gasteiger partial charge in [-0.2, -0.15) is 13.2 Å². The number of pyridine rings is 2. The maximum absolute atomic E-state index is 13.9. The average molecular weight is 625 g/mol. The molecule has 0 aromatic carbocycles. The van der Waals surface area contributed by atoms with E-state index in [-0.39, 0.29) is 24.4 Å². The molecule has 0 spiro atoms. The van der Waals surface area contributed by atoms with Crippen LogP contribution in [0, 0.1) is 26.7 Å². The Morgan fingerprint density at radius 2 is 1.80 bits per heavy atom. The molecule has 0 aliphatic carbocycles. The predicted molar refractivity (Wildman–Crippen MR) is 166 cm³/mol. The topological polar surface area (TPSA) is 91.5 Å². The fourth-order valence-electron chi connectivity index (χ4n) is 6.44. The molecule has 45 heavy (non-hydrogen) atoms. The third kappa shape index (κ3) is 6.81. The Bertz CT molecular complexity index is 1680. The summed E-state index contributed by atoms with van der Waals surface area (Å²) in [5, 5.41) is 2.93. The van der Waals surface area contributed by atoms with Crippen LogP contribution in [0.15, 0.2) is 47.3 Å². The number of methoxy groups -OCH3 is 1. The predicted octanol–water partition coefficient (Wildman–Crippen LogP) is 5.04. The molecule has 1 saturated heterocycles. The largest absolute Gasteiger partial charge is 0.500 e. The smallest absolute Gasteiger partial charge is 0.401 e.